The third-order valence-electron chi connectivity index (χ3n) is 2.30. The molecule has 0 saturated heterocycles. The van der Waals surface area contributed by atoms with E-state index in [-0.39, 0.29) is 5.75 Å². The molecule has 2 aromatic rings. The van der Waals surface area contributed by atoms with E-state index < -0.39 is 23.2 Å². The van der Waals surface area contributed by atoms with Gasteiger partial charge in [0.05, 0.1) is 19.0 Å². The van der Waals surface area contributed by atoms with Gasteiger partial charge in [-0.1, -0.05) is 0 Å². The Morgan fingerprint density at radius 3 is 2.78 bits per heavy atom. The van der Waals surface area contributed by atoms with E-state index in [4.69, 9.17) is 9.84 Å². The maximum Gasteiger partial charge on any atom is 0.360 e. The van der Waals surface area contributed by atoms with Crippen LogP contribution in [0, 0.1) is 5.82 Å². The van der Waals surface area contributed by atoms with Gasteiger partial charge >= 0.3 is 5.97 Å². The Bertz CT molecular complexity index is 609. The van der Waals surface area contributed by atoms with Gasteiger partial charge in [-0.25, -0.2) is 13.9 Å². The summed E-state index contributed by atoms with van der Waals surface area (Å²) in [6.45, 7) is 0. The van der Waals surface area contributed by atoms with Crippen molar-refractivity contribution in [3.63, 3.8) is 0 Å². The van der Waals surface area contributed by atoms with Gasteiger partial charge in [0, 0.05) is 6.07 Å². The van der Waals surface area contributed by atoms with Crippen molar-refractivity contribution in [3.8, 4) is 17.2 Å². The molecule has 0 unspecified atom stereocenters. The molecular weight excluding hydrogens is 243 g/mol. The number of carboxylic acids is 1. The van der Waals surface area contributed by atoms with Crippen LogP contribution < -0.4 is 4.74 Å². The SMILES string of the molecule is COc1cc(-n2cc(O)c(C(=O)O)n2)ccc1F. The summed E-state index contributed by atoms with van der Waals surface area (Å²) in [5.74, 6) is -2.36. The standard InChI is InChI=1S/C11H9FN2O4/c1-18-9-4-6(2-3-7(9)12)14-5-8(15)10(13-14)11(16)17/h2-5,15H,1H3,(H,16,17). The van der Waals surface area contributed by atoms with Crippen LogP contribution in [0.1, 0.15) is 10.5 Å². The van der Waals surface area contributed by atoms with Gasteiger partial charge in [-0.05, 0) is 12.1 Å². The summed E-state index contributed by atoms with van der Waals surface area (Å²) < 4.78 is 19.1. The Kier molecular flexibility index (Phi) is 2.88. The number of aromatic nitrogens is 2. The Balaban J connectivity index is 2.49. The van der Waals surface area contributed by atoms with E-state index in [1.807, 2.05) is 0 Å². The Labute approximate surface area is 101 Å². The zero-order valence-corrected chi connectivity index (χ0v) is 9.29. The van der Waals surface area contributed by atoms with E-state index in [2.05, 4.69) is 5.10 Å². The van der Waals surface area contributed by atoms with E-state index >= 15 is 0 Å². The quantitative estimate of drug-likeness (QED) is 0.863. The summed E-state index contributed by atoms with van der Waals surface area (Å²) in [5.41, 5.74) is -0.102. The zero-order chi connectivity index (χ0) is 13.3. The predicted octanol–water partition coefficient (Wildman–Crippen LogP) is 1.42. The predicted molar refractivity (Wildman–Crippen MR) is 58.7 cm³/mol. The van der Waals surface area contributed by atoms with Gasteiger partial charge in [0.2, 0.25) is 5.69 Å². The lowest BCUT2D eigenvalue weighted by Gasteiger charge is -2.05. The van der Waals surface area contributed by atoms with Crippen molar-refractivity contribution in [1.82, 2.24) is 9.78 Å². The fraction of sp³-hybridized carbons (Fsp3) is 0.0909. The Morgan fingerprint density at radius 2 is 2.22 bits per heavy atom. The molecule has 0 aliphatic rings. The number of benzene rings is 1. The first kappa shape index (κ1) is 11.9. The summed E-state index contributed by atoms with van der Waals surface area (Å²) in [4.78, 5) is 10.7. The number of halogens is 1. The van der Waals surface area contributed by atoms with Crippen molar-refractivity contribution in [2.75, 3.05) is 7.11 Å². The zero-order valence-electron chi connectivity index (χ0n) is 9.29. The molecule has 0 radical (unpaired) electrons. The third-order valence-corrected chi connectivity index (χ3v) is 2.30. The summed E-state index contributed by atoms with van der Waals surface area (Å²) in [5, 5.41) is 21.8. The molecule has 2 rings (SSSR count). The van der Waals surface area contributed by atoms with Crippen LogP contribution in [-0.2, 0) is 0 Å². The molecule has 0 bridgehead atoms. The van der Waals surface area contributed by atoms with Crippen molar-refractivity contribution >= 4 is 5.97 Å². The second-order valence-corrected chi connectivity index (χ2v) is 3.43. The first-order valence-electron chi connectivity index (χ1n) is 4.88. The summed E-state index contributed by atoms with van der Waals surface area (Å²) >= 11 is 0. The normalized spacial score (nSPS) is 10.3. The third kappa shape index (κ3) is 1.97. The number of hydrogen-bond acceptors (Lipinski definition) is 4. The van der Waals surface area contributed by atoms with E-state index in [1.54, 1.807) is 0 Å². The number of aromatic hydroxyl groups is 1. The summed E-state index contributed by atoms with van der Waals surface area (Å²) in [7, 11) is 1.31. The monoisotopic (exact) mass is 252 g/mol. The molecule has 0 saturated carbocycles. The van der Waals surface area contributed by atoms with Crippen molar-refractivity contribution in [2.45, 2.75) is 0 Å². The van der Waals surface area contributed by atoms with Crippen molar-refractivity contribution in [3.05, 3.63) is 35.9 Å². The average Bonchev–Trinajstić information content (AvgIpc) is 2.72. The molecule has 2 N–H and O–H groups in total. The smallest absolute Gasteiger partial charge is 0.360 e. The lowest BCUT2D eigenvalue weighted by atomic mass is 10.3. The number of hydrogen-bond donors (Lipinski definition) is 2. The fourth-order valence-corrected chi connectivity index (χ4v) is 1.44. The van der Waals surface area contributed by atoms with Crippen LogP contribution in [0.5, 0.6) is 11.5 Å². The molecule has 0 spiro atoms. The van der Waals surface area contributed by atoms with E-state index in [1.165, 1.54) is 19.2 Å². The molecular formula is C11H9FN2O4. The van der Waals surface area contributed by atoms with E-state index in [0.717, 1.165) is 16.9 Å². The minimum absolute atomic E-state index is 0.000588. The molecule has 94 valence electrons. The summed E-state index contributed by atoms with van der Waals surface area (Å²) in [6.07, 6.45) is 1.12. The van der Waals surface area contributed by atoms with Gasteiger partial charge in [0.15, 0.2) is 17.3 Å². The molecule has 0 atom stereocenters. The number of nitrogens with zero attached hydrogens (tertiary/aromatic N) is 2. The average molecular weight is 252 g/mol. The highest BCUT2D eigenvalue weighted by Crippen LogP contribution is 2.23. The molecule has 0 fully saturated rings. The second kappa shape index (κ2) is 4.36. The van der Waals surface area contributed by atoms with Gasteiger partial charge in [-0.15, -0.1) is 0 Å². The molecule has 1 heterocycles. The molecule has 6 nitrogen and oxygen atoms in total. The number of methoxy groups -OCH3 is 1. The number of ether oxygens (including phenoxy) is 1. The minimum Gasteiger partial charge on any atom is -0.504 e. The molecule has 7 heteroatoms. The van der Waals surface area contributed by atoms with Gasteiger partial charge in [0.1, 0.15) is 0 Å². The summed E-state index contributed by atoms with van der Waals surface area (Å²) in [6, 6.07) is 3.89. The first-order valence-corrected chi connectivity index (χ1v) is 4.88. The lowest BCUT2D eigenvalue weighted by molar-refractivity contribution is 0.0687. The molecule has 18 heavy (non-hydrogen) atoms. The van der Waals surface area contributed by atoms with Crippen LogP contribution in [0.25, 0.3) is 5.69 Å². The van der Waals surface area contributed by atoms with Gasteiger partial charge in [-0.2, -0.15) is 5.10 Å². The molecule has 0 amide bonds. The largest absolute Gasteiger partial charge is 0.504 e. The maximum atomic E-state index is 13.2. The topological polar surface area (TPSA) is 84.6 Å². The highest BCUT2D eigenvalue weighted by molar-refractivity contribution is 5.88. The molecule has 0 aliphatic heterocycles. The van der Waals surface area contributed by atoms with Crippen LogP contribution in [0.3, 0.4) is 0 Å². The van der Waals surface area contributed by atoms with Crippen LogP contribution in [0.15, 0.2) is 24.4 Å². The number of carbonyl (C=O) groups is 1. The van der Waals surface area contributed by atoms with Gasteiger partial charge in [0.25, 0.3) is 0 Å². The second-order valence-electron chi connectivity index (χ2n) is 3.43. The van der Waals surface area contributed by atoms with Crippen molar-refractivity contribution < 1.29 is 24.1 Å². The van der Waals surface area contributed by atoms with Crippen molar-refractivity contribution in [1.29, 1.82) is 0 Å². The van der Waals surface area contributed by atoms with Crippen molar-refractivity contribution in [2.24, 2.45) is 0 Å². The first-order chi connectivity index (χ1) is 8.52. The van der Waals surface area contributed by atoms with E-state index in [9.17, 15) is 14.3 Å². The number of carboxylic acid groups (broad SMARTS) is 1. The highest BCUT2D eigenvalue weighted by Gasteiger charge is 2.16. The Morgan fingerprint density at radius 1 is 1.50 bits per heavy atom. The molecule has 1 aromatic carbocycles. The van der Waals surface area contributed by atoms with Crippen LogP contribution in [0.4, 0.5) is 4.39 Å². The van der Waals surface area contributed by atoms with Crippen LogP contribution >= 0.6 is 0 Å². The minimum atomic E-state index is -1.35. The van der Waals surface area contributed by atoms with Gasteiger partial charge < -0.3 is 14.9 Å². The Hall–Kier alpha value is -2.57. The van der Waals surface area contributed by atoms with Gasteiger partial charge in [-0.3, -0.25) is 0 Å². The highest BCUT2D eigenvalue weighted by atomic mass is 19.1. The van der Waals surface area contributed by atoms with Crippen LogP contribution in [-0.4, -0.2) is 33.1 Å². The van der Waals surface area contributed by atoms with E-state index in [0.29, 0.717) is 5.69 Å². The molecule has 0 aliphatic carbocycles. The van der Waals surface area contributed by atoms with Crippen LogP contribution in [0.2, 0.25) is 0 Å². The number of rotatable bonds is 3. The maximum absolute atomic E-state index is 13.2. The number of aromatic carboxylic acids is 1. The fourth-order valence-electron chi connectivity index (χ4n) is 1.44. The lowest BCUT2D eigenvalue weighted by Crippen LogP contribution is -2.01. The molecule has 1 aromatic heterocycles.